The Morgan fingerprint density at radius 2 is 1.71 bits per heavy atom. The van der Waals surface area contributed by atoms with E-state index in [2.05, 4.69) is 48.7 Å². The third kappa shape index (κ3) is 5.83. The number of fused-ring (bicyclic) bond motifs is 8. The summed E-state index contributed by atoms with van der Waals surface area (Å²) in [5, 5.41) is 23.9. The number of hydrogen-bond donors (Lipinski definition) is 6. The average molecular weight is 611 g/mol. The van der Waals surface area contributed by atoms with E-state index in [0.29, 0.717) is 48.6 Å². The normalized spacial score (nSPS) is 16.3. The van der Waals surface area contributed by atoms with Gasteiger partial charge in [-0.15, -0.1) is 0 Å². The molecule has 0 radical (unpaired) electrons. The number of nitrogens with two attached hydrogens (primary N) is 1. The van der Waals surface area contributed by atoms with Crippen LogP contribution in [0, 0.1) is 13.8 Å². The van der Waals surface area contributed by atoms with Crippen molar-refractivity contribution in [2.45, 2.75) is 65.7 Å². The largest absolute Gasteiger partial charge is 0.481 e. The van der Waals surface area contributed by atoms with E-state index < -0.39 is 18.4 Å². The lowest BCUT2D eigenvalue weighted by atomic mass is 9.85. The van der Waals surface area contributed by atoms with Gasteiger partial charge in [0.1, 0.15) is 0 Å². The van der Waals surface area contributed by atoms with E-state index in [4.69, 9.17) is 15.7 Å². The van der Waals surface area contributed by atoms with Crippen molar-refractivity contribution in [3.63, 3.8) is 0 Å². The molecular weight excluding hydrogens is 568 g/mol. The first kappa shape index (κ1) is 31.9. The lowest BCUT2D eigenvalue weighted by molar-refractivity contribution is -0.136. The van der Waals surface area contributed by atoms with Crippen LogP contribution in [0.4, 0.5) is 0 Å². The maximum atomic E-state index is 12.8. The molecule has 2 aliphatic rings. The number of aromatic amines is 2. The molecule has 8 bridgehead atoms. The van der Waals surface area contributed by atoms with Gasteiger partial charge in [-0.25, -0.2) is 9.78 Å². The Kier molecular flexibility index (Phi) is 9.08. The van der Waals surface area contributed by atoms with Crippen LogP contribution in [0.1, 0.15) is 89.6 Å². The Morgan fingerprint density at radius 3 is 2.36 bits per heavy atom. The molecule has 45 heavy (non-hydrogen) atoms. The Hall–Kier alpha value is -4.54. The average Bonchev–Trinajstić information content (AvgIpc) is 3.67. The number of nitrogens with zero attached hydrogens (tertiary/aromatic N) is 2. The number of carboxylic acids is 2. The molecular formula is C35H42N6O4. The summed E-state index contributed by atoms with van der Waals surface area (Å²) in [5.74, 6) is -2.48. The summed E-state index contributed by atoms with van der Waals surface area (Å²) < 4.78 is 0. The van der Waals surface area contributed by atoms with Crippen LogP contribution in [0.5, 0.6) is 0 Å². The molecule has 2 atom stereocenters. The Labute approximate surface area is 262 Å². The van der Waals surface area contributed by atoms with Gasteiger partial charge in [0.05, 0.1) is 29.1 Å². The molecule has 10 nitrogen and oxygen atoms in total. The lowest BCUT2D eigenvalue weighted by Crippen LogP contribution is -2.25. The first-order valence-electron chi connectivity index (χ1n) is 15.5. The molecule has 3 aromatic rings. The zero-order chi connectivity index (χ0) is 32.6. The van der Waals surface area contributed by atoms with Crippen molar-refractivity contribution in [2.24, 2.45) is 5.73 Å². The second-order valence-electron chi connectivity index (χ2n) is 11.9. The zero-order valence-corrected chi connectivity index (χ0v) is 26.6. The molecule has 0 spiro atoms. The first-order chi connectivity index (χ1) is 21.5. The van der Waals surface area contributed by atoms with Gasteiger partial charge in [0.2, 0.25) is 0 Å². The van der Waals surface area contributed by atoms with Gasteiger partial charge in [-0.1, -0.05) is 26.5 Å². The van der Waals surface area contributed by atoms with Gasteiger partial charge in [-0.2, -0.15) is 0 Å². The minimum atomic E-state index is -1.15. The highest BCUT2D eigenvalue weighted by Gasteiger charge is 2.35. The van der Waals surface area contributed by atoms with Gasteiger partial charge in [-0.3, -0.25) is 9.78 Å². The van der Waals surface area contributed by atoms with E-state index in [9.17, 15) is 19.8 Å². The van der Waals surface area contributed by atoms with Gasteiger partial charge in [0, 0.05) is 63.8 Å². The molecule has 236 valence electrons. The topological polar surface area (TPSA) is 170 Å². The van der Waals surface area contributed by atoms with Crippen LogP contribution in [-0.4, -0.2) is 61.7 Å². The molecule has 0 aliphatic carbocycles. The summed E-state index contributed by atoms with van der Waals surface area (Å²) in [6.07, 6.45) is 2.85. The SMILES string of the molecule is C=Cc1c(C)c2cc3nc(c(CC(=O)O)c4nc(cc5[nH]c(cc1[nH]2)c(C)c5CC)C(C)=C4C(=O)O)[C@@H](CCNCCN)[C@@H]3C. The molecule has 5 rings (SSSR count). The number of H-pyrrole nitrogens is 2. The van der Waals surface area contributed by atoms with Crippen LogP contribution in [0.15, 0.2) is 24.8 Å². The standard InChI is InChI=1S/C35H42N6O4/c1-7-21-17(3)25-14-27-19(5)23(9-11-37-12-10-36)33(40-27)24(13-31(42)43)34-32(35(44)45)20(6)28(41-34)16-30-22(8-2)18(4)26(39-30)15-29(21)38-25/h7,14-16,19,23,37-39H,1,8-13,36H2,2-6H3,(H,42,43)(H,44,45)/t19-,23-/m0/s1. The number of rotatable bonds is 10. The minimum Gasteiger partial charge on any atom is -0.481 e. The van der Waals surface area contributed by atoms with Gasteiger partial charge in [0.15, 0.2) is 0 Å². The van der Waals surface area contributed by atoms with E-state index in [-0.39, 0.29) is 23.1 Å². The predicted octanol–water partition coefficient (Wildman–Crippen LogP) is 5.61. The molecule has 0 fully saturated rings. The number of aromatic nitrogens is 4. The highest BCUT2D eigenvalue weighted by Crippen LogP contribution is 2.43. The van der Waals surface area contributed by atoms with E-state index in [1.54, 1.807) is 6.92 Å². The van der Waals surface area contributed by atoms with Gasteiger partial charge < -0.3 is 31.2 Å². The Balaban J connectivity index is 1.98. The number of nitrogens with one attached hydrogen (secondary N) is 3. The van der Waals surface area contributed by atoms with Crippen LogP contribution in [0.2, 0.25) is 0 Å². The van der Waals surface area contributed by atoms with E-state index in [1.165, 1.54) is 0 Å². The third-order valence-electron chi connectivity index (χ3n) is 9.23. The molecule has 5 heterocycles. The monoisotopic (exact) mass is 610 g/mol. The predicted molar refractivity (Wildman–Crippen MR) is 179 cm³/mol. The van der Waals surface area contributed by atoms with Crippen molar-refractivity contribution in [3.05, 3.63) is 75.4 Å². The molecule has 0 aromatic carbocycles. The van der Waals surface area contributed by atoms with Crippen molar-refractivity contribution >= 4 is 51.2 Å². The summed E-state index contributed by atoms with van der Waals surface area (Å²) >= 11 is 0. The van der Waals surface area contributed by atoms with Crippen LogP contribution >= 0.6 is 0 Å². The molecule has 0 saturated carbocycles. The fourth-order valence-corrected chi connectivity index (χ4v) is 6.73. The third-order valence-corrected chi connectivity index (χ3v) is 9.23. The van der Waals surface area contributed by atoms with Gasteiger partial charge in [0.25, 0.3) is 0 Å². The van der Waals surface area contributed by atoms with Crippen molar-refractivity contribution in [3.8, 4) is 0 Å². The van der Waals surface area contributed by atoms with Gasteiger partial charge >= 0.3 is 11.9 Å². The summed E-state index contributed by atoms with van der Waals surface area (Å²) in [7, 11) is 0. The maximum Gasteiger partial charge on any atom is 0.338 e. The molecule has 3 aromatic heterocycles. The van der Waals surface area contributed by atoms with Crippen LogP contribution < -0.4 is 11.1 Å². The Bertz CT molecular complexity index is 1900. The molecule has 2 aliphatic heterocycles. The molecule has 7 N–H and O–H groups in total. The van der Waals surface area contributed by atoms with Crippen molar-refractivity contribution < 1.29 is 19.8 Å². The van der Waals surface area contributed by atoms with Crippen LogP contribution in [0.25, 0.3) is 39.3 Å². The minimum absolute atomic E-state index is 0.00257. The second-order valence-corrected chi connectivity index (χ2v) is 11.9. The highest BCUT2D eigenvalue weighted by molar-refractivity contribution is 6.24. The summed E-state index contributed by atoms with van der Waals surface area (Å²) in [4.78, 5) is 42.2. The van der Waals surface area contributed by atoms with Crippen LogP contribution in [-0.2, 0) is 22.4 Å². The molecule has 0 unspecified atom stereocenters. The number of carboxylic acid groups (broad SMARTS) is 2. The smallest absolute Gasteiger partial charge is 0.338 e. The number of aliphatic carboxylic acids is 2. The van der Waals surface area contributed by atoms with Crippen LogP contribution in [0.3, 0.4) is 0 Å². The molecule has 0 saturated heterocycles. The summed E-state index contributed by atoms with van der Waals surface area (Å²) in [6.45, 7) is 15.9. The maximum absolute atomic E-state index is 12.8. The van der Waals surface area contributed by atoms with Crippen molar-refractivity contribution in [1.82, 2.24) is 25.3 Å². The first-order valence-corrected chi connectivity index (χ1v) is 15.5. The zero-order valence-electron chi connectivity index (χ0n) is 26.6. The van der Waals surface area contributed by atoms with Gasteiger partial charge in [-0.05, 0) is 80.6 Å². The number of hydrogen-bond acceptors (Lipinski definition) is 6. The molecule has 10 heteroatoms. The fourth-order valence-electron chi connectivity index (χ4n) is 6.73. The van der Waals surface area contributed by atoms with E-state index >= 15 is 0 Å². The quantitative estimate of drug-likeness (QED) is 0.161. The highest BCUT2D eigenvalue weighted by atomic mass is 16.4. The lowest BCUT2D eigenvalue weighted by Gasteiger charge is -2.18. The van der Waals surface area contributed by atoms with E-state index in [1.807, 2.05) is 25.1 Å². The van der Waals surface area contributed by atoms with Crippen molar-refractivity contribution in [1.29, 1.82) is 0 Å². The Morgan fingerprint density at radius 1 is 1.00 bits per heavy atom. The van der Waals surface area contributed by atoms with Crippen molar-refractivity contribution in [2.75, 3.05) is 19.6 Å². The number of aryl methyl sites for hydroxylation is 3. The summed E-state index contributed by atoms with van der Waals surface area (Å²) in [6, 6.07) is 5.98. The van der Waals surface area contributed by atoms with E-state index in [0.717, 1.165) is 56.4 Å². The second kappa shape index (κ2) is 12.8. The molecule has 0 amide bonds. The number of allylic oxidation sites excluding steroid dienone is 1. The summed E-state index contributed by atoms with van der Waals surface area (Å²) in [5.41, 5.74) is 16.2. The number of carbonyl (C=O) groups is 2. The fraction of sp³-hybridized carbons (Fsp3) is 0.371.